The molecule has 1 N–H and O–H groups in total. The standard InChI is InChI=1S/C23H27ClN2O5/c1-3-30-18-5-7-19(8-6-18)31-15-22(27)26-12-10-17(11-13-26)25-23(28)20-14-16(24)4-9-21(20)29-2/h4-9,14,17H,3,10-13,15H2,1-2H3,(H,25,28). The lowest BCUT2D eigenvalue weighted by molar-refractivity contribution is -0.134. The minimum atomic E-state index is -0.233. The molecule has 166 valence electrons. The summed E-state index contributed by atoms with van der Waals surface area (Å²) in [6.45, 7) is 3.62. The van der Waals surface area contributed by atoms with Gasteiger partial charge in [0.15, 0.2) is 6.61 Å². The number of piperidine rings is 1. The van der Waals surface area contributed by atoms with Crippen molar-refractivity contribution in [3.05, 3.63) is 53.1 Å². The van der Waals surface area contributed by atoms with Crippen LogP contribution in [0, 0.1) is 0 Å². The molecule has 0 bridgehead atoms. The molecule has 0 aliphatic carbocycles. The number of nitrogens with zero attached hydrogens (tertiary/aromatic N) is 1. The molecule has 0 unspecified atom stereocenters. The summed E-state index contributed by atoms with van der Waals surface area (Å²) in [7, 11) is 1.51. The van der Waals surface area contributed by atoms with Gasteiger partial charge in [0.05, 0.1) is 19.3 Å². The highest BCUT2D eigenvalue weighted by atomic mass is 35.5. The van der Waals surface area contributed by atoms with Crippen LogP contribution in [-0.2, 0) is 4.79 Å². The van der Waals surface area contributed by atoms with E-state index in [1.165, 1.54) is 7.11 Å². The molecular weight excluding hydrogens is 420 g/mol. The Morgan fingerprint density at radius 2 is 1.71 bits per heavy atom. The number of amides is 2. The maximum Gasteiger partial charge on any atom is 0.260 e. The summed E-state index contributed by atoms with van der Waals surface area (Å²) in [5.41, 5.74) is 0.400. The van der Waals surface area contributed by atoms with E-state index < -0.39 is 0 Å². The second-order valence-corrected chi connectivity index (χ2v) is 7.60. The first-order valence-corrected chi connectivity index (χ1v) is 10.7. The van der Waals surface area contributed by atoms with E-state index >= 15 is 0 Å². The SMILES string of the molecule is CCOc1ccc(OCC(=O)N2CCC(NC(=O)c3cc(Cl)ccc3OC)CC2)cc1. The fraction of sp³-hybridized carbons (Fsp3) is 0.391. The van der Waals surface area contributed by atoms with E-state index in [9.17, 15) is 9.59 Å². The minimum Gasteiger partial charge on any atom is -0.496 e. The summed E-state index contributed by atoms with van der Waals surface area (Å²) in [4.78, 5) is 26.9. The van der Waals surface area contributed by atoms with Crippen molar-refractivity contribution in [1.82, 2.24) is 10.2 Å². The van der Waals surface area contributed by atoms with Gasteiger partial charge in [-0.1, -0.05) is 11.6 Å². The number of benzene rings is 2. The number of halogens is 1. The van der Waals surface area contributed by atoms with E-state index in [1.807, 2.05) is 19.1 Å². The predicted octanol–water partition coefficient (Wildman–Crippen LogP) is 3.55. The molecule has 1 aliphatic heterocycles. The van der Waals surface area contributed by atoms with Crippen LogP contribution in [-0.4, -0.2) is 56.2 Å². The molecule has 31 heavy (non-hydrogen) atoms. The van der Waals surface area contributed by atoms with Crippen molar-refractivity contribution < 1.29 is 23.8 Å². The number of carbonyl (C=O) groups excluding carboxylic acids is 2. The van der Waals surface area contributed by atoms with Crippen LogP contribution in [0.2, 0.25) is 5.02 Å². The molecule has 3 rings (SSSR count). The van der Waals surface area contributed by atoms with Crippen molar-refractivity contribution in [2.75, 3.05) is 33.4 Å². The normalized spacial score (nSPS) is 14.1. The Morgan fingerprint density at radius 3 is 2.32 bits per heavy atom. The number of nitrogens with one attached hydrogen (secondary N) is 1. The first-order valence-electron chi connectivity index (χ1n) is 10.3. The molecular formula is C23H27ClN2O5. The number of hydrogen-bond acceptors (Lipinski definition) is 5. The highest BCUT2D eigenvalue weighted by Gasteiger charge is 2.25. The second-order valence-electron chi connectivity index (χ2n) is 7.17. The molecule has 8 heteroatoms. The molecule has 7 nitrogen and oxygen atoms in total. The third-order valence-corrected chi connectivity index (χ3v) is 5.32. The van der Waals surface area contributed by atoms with Crippen LogP contribution in [0.4, 0.5) is 0 Å². The van der Waals surface area contributed by atoms with E-state index in [-0.39, 0.29) is 24.5 Å². The third-order valence-electron chi connectivity index (χ3n) is 5.09. The molecule has 0 atom stereocenters. The van der Waals surface area contributed by atoms with Gasteiger partial charge in [-0.3, -0.25) is 9.59 Å². The zero-order valence-corrected chi connectivity index (χ0v) is 18.5. The van der Waals surface area contributed by atoms with E-state index in [0.717, 1.165) is 5.75 Å². The fourth-order valence-electron chi connectivity index (χ4n) is 3.43. The highest BCUT2D eigenvalue weighted by Crippen LogP contribution is 2.23. The van der Waals surface area contributed by atoms with Crippen LogP contribution < -0.4 is 19.5 Å². The van der Waals surface area contributed by atoms with Gasteiger partial charge in [0, 0.05) is 24.2 Å². The summed E-state index contributed by atoms with van der Waals surface area (Å²) in [5.74, 6) is 1.55. The van der Waals surface area contributed by atoms with Gasteiger partial charge in [-0.05, 0) is 62.2 Å². The van der Waals surface area contributed by atoms with Crippen molar-refractivity contribution in [1.29, 1.82) is 0 Å². The molecule has 0 radical (unpaired) electrons. The Balaban J connectivity index is 1.45. The number of rotatable bonds is 8. The Labute approximate surface area is 187 Å². The molecule has 2 aromatic carbocycles. The smallest absolute Gasteiger partial charge is 0.260 e. The zero-order valence-electron chi connectivity index (χ0n) is 17.7. The van der Waals surface area contributed by atoms with Gasteiger partial charge in [0.1, 0.15) is 17.2 Å². The fourth-order valence-corrected chi connectivity index (χ4v) is 3.60. The maximum absolute atomic E-state index is 12.6. The van der Waals surface area contributed by atoms with Gasteiger partial charge in [0.2, 0.25) is 0 Å². The largest absolute Gasteiger partial charge is 0.496 e. The van der Waals surface area contributed by atoms with Gasteiger partial charge in [-0.2, -0.15) is 0 Å². The van der Waals surface area contributed by atoms with E-state index in [0.29, 0.717) is 54.6 Å². The van der Waals surface area contributed by atoms with E-state index in [1.54, 1.807) is 35.2 Å². The summed E-state index contributed by atoms with van der Waals surface area (Å²) in [6.07, 6.45) is 1.34. The van der Waals surface area contributed by atoms with Crippen LogP contribution in [0.3, 0.4) is 0 Å². The average Bonchev–Trinajstić information content (AvgIpc) is 2.79. The Hall–Kier alpha value is -2.93. The van der Waals surface area contributed by atoms with Crippen LogP contribution in [0.15, 0.2) is 42.5 Å². The lowest BCUT2D eigenvalue weighted by Gasteiger charge is -2.32. The molecule has 2 aromatic rings. The van der Waals surface area contributed by atoms with Crippen LogP contribution in [0.25, 0.3) is 0 Å². The Kier molecular flexibility index (Phi) is 8.00. The summed E-state index contributed by atoms with van der Waals surface area (Å²) < 4.78 is 16.2. The highest BCUT2D eigenvalue weighted by molar-refractivity contribution is 6.31. The lowest BCUT2D eigenvalue weighted by atomic mass is 10.0. The van der Waals surface area contributed by atoms with Gasteiger partial charge >= 0.3 is 0 Å². The third kappa shape index (κ3) is 6.28. The molecule has 1 aliphatic rings. The topological polar surface area (TPSA) is 77.1 Å². The summed E-state index contributed by atoms with van der Waals surface area (Å²) in [5, 5.41) is 3.48. The minimum absolute atomic E-state index is 0.0210. The number of ether oxygens (including phenoxy) is 3. The van der Waals surface area contributed by atoms with Gasteiger partial charge in [0.25, 0.3) is 11.8 Å². The quantitative estimate of drug-likeness (QED) is 0.671. The van der Waals surface area contributed by atoms with Crippen molar-refractivity contribution in [2.24, 2.45) is 0 Å². The van der Waals surface area contributed by atoms with Gasteiger partial charge in [-0.25, -0.2) is 0 Å². The Morgan fingerprint density at radius 1 is 1.06 bits per heavy atom. The number of likely N-dealkylation sites (tertiary alicyclic amines) is 1. The summed E-state index contributed by atoms with van der Waals surface area (Å²) >= 11 is 6.01. The van der Waals surface area contributed by atoms with Crippen LogP contribution in [0.5, 0.6) is 17.2 Å². The van der Waals surface area contributed by atoms with Crippen LogP contribution in [0.1, 0.15) is 30.1 Å². The molecule has 0 spiro atoms. The molecule has 2 amide bonds. The predicted molar refractivity (Wildman–Crippen MR) is 118 cm³/mol. The Bertz CT molecular complexity index is 895. The van der Waals surface area contributed by atoms with Crippen molar-refractivity contribution in [2.45, 2.75) is 25.8 Å². The second kappa shape index (κ2) is 10.9. The van der Waals surface area contributed by atoms with Crippen molar-refractivity contribution in [3.63, 3.8) is 0 Å². The first kappa shape index (κ1) is 22.7. The molecule has 1 fully saturated rings. The summed E-state index contributed by atoms with van der Waals surface area (Å²) in [6, 6.07) is 12.1. The van der Waals surface area contributed by atoms with Crippen molar-refractivity contribution in [3.8, 4) is 17.2 Å². The monoisotopic (exact) mass is 446 g/mol. The molecule has 1 heterocycles. The molecule has 0 saturated carbocycles. The first-order chi connectivity index (χ1) is 15.0. The number of hydrogen-bond donors (Lipinski definition) is 1. The molecule has 0 aromatic heterocycles. The van der Waals surface area contributed by atoms with E-state index in [4.69, 9.17) is 25.8 Å². The lowest BCUT2D eigenvalue weighted by Crippen LogP contribution is -2.47. The zero-order chi connectivity index (χ0) is 22.2. The van der Waals surface area contributed by atoms with Crippen LogP contribution >= 0.6 is 11.6 Å². The van der Waals surface area contributed by atoms with Crippen molar-refractivity contribution >= 4 is 23.4 Å². The van der Waals surface area contributed by atoms with E-state index in [2.05, 4.69) is 5.32 Å². The number of methoxy groups -OCH3 is 1. The molecule has 1 saturated heterocycles. The average molecular weight is 447 g/mol. The number of carbonyl (C=O) groups is 2. The maximum atomic E-state index is 12.6. The van der Waals surface area contributed by atoms with Gasteiger partial charge in [-0.15, -0.1) is 0 Å². The van der Waals surface area contributed by atoms with Gasteiger partial charge < -0.3 is 24.4 Å².